The highest BCUT2D eigenvalue weighted by Gasteiger charge is 2.46. The van der Waals surface area contributed by atoms with Crippen LogP contribution in [0.3, 0.4) is 0 Å². The Labute approximate surface area is 428 Å². The van der Waals surface area contributed by atoms with Crippen molar-refractivity contribution in [3.8, 4) is 39.6 Å². The zero-order valence-corrected chi connectivity index (χ0v) is 43.1. The van der Waals surface area contributed by atoms with Gasteiger partial charge in [0.25, 0.3) is 0 Å². The van der Waals surface area contributed by atoms with Gasteiger partial charge in [0.15, 0.2) is 12.2 Å². The molecule has 4 aromatic carbocycles. The molecule has 3 aliphatic rings. The number of carbonyl (C=O) groups is 2. The van der Waals surface area contributed by atoms with Crippen LogP contribution in [0.1, 0.15) is 118 Å². The maximum absolute atomic E-state index is 13.2. The number of pyridine rings is 4. The van der Waals surface area contributed by atoms with Crippen molar-refractivity contribution in [1.29, 1.82) is 0 Å². The lowest BCUT2D eigenvalue weighted by atomic mass is 9.84. The maximum atomic E-state index is 13.2. The number of aliphatic carboxylic acids is 2. The van der Waals surface area contributed by atoms with Crippen molar-refractivity contribution in [3.05, 3.63) is 124 Å². The minimum absolute atomic E-state index is 0.0311. The molecule has 0 amide bonds. The van der Waals surface area contributed by atoms with Crippen LogP contribution in [0.4, 0.5) is 0 Å². The Bertz CT molecular complexity index is 3610. The van der Waals surface area contributed by atoms with E-state index in [1.54, 1.807) is 19.2 Å². The first kappa shape index (κ1) is 49.0. The van der Waals surface area contributed by atoms with Gasteiger partial charge in [-0.3, -0.25) is 15.0 Å². The molecule has 6 atom stereocenters. The number of aliphatic hydroxyl groups is 1. The molecule has 1 fully saturated rings. The van der Waals surface area contributed by atoms with Crippen molar-refractivity contribution >= 4 is 55.6 Å². The van der Waals surface area contributed by atoms with Crippen LogP contribution in [-0.4, -0.2) is 78.2 Å². The lowest BCUT2D eigenvalue weighted by molar-refractivity contribution is -0.161. The van der Waals surface area contributed by atoms with E-state index in [1.807, 2.05) is 122 Å². The van der Waals surface area contributed by atoms with E-state index in [1.165, 1.54) is 0 Å². The molecule has 4 unspecified atom stereocenters. The summed E-state index contributed by atoms with van der Waals surface area (Å²) < 4.78 is 31.8. The predicted octanol–water partition coefficient (Wildman–Crippen LogP) is 11.9. The Kier molecular flexibility index (Phi) is 12.1. The number of carboxylic acid groups (broad SMARTS) is 2. The maximum Gasteiger partial charge on any atom is 0.337 e. The Morgan fingerprint density at radius 1 is 0.716 bits per heavy atom. The number of carboxylic acids is 2. The normalized spacial score (nSPS) is 18.5. The number of aromatic nitrogens is 4. The summed E-state index contributed by atoms with van der Waals surface area (Å²) in [5.74, 6) is 0.187. The zero-order valence-electron chi connectivity index (χ0n) is 43.1. The van der Waals surface area contributed by atoms with E-state index < -0.39 is 41.5 Å². The fraction of sp³-hybridized carbons (Fsp3) is 0.367. The number of rotatable bonds is 13. The van der Waals surface area contributed by atoms with Gasteiger partial charge in [-0.05, 0) is 175 Å². The second-order valence-electron chi connectivity index (χ2n) is 22.1. The Morgan fingerprint density at radius 3 is 1.88 bits per heavy atom. The van der Waals surface area contributed by atoms with Crippen molar-refractivity contribution in [2.75, 3.05) is 19.8 Å². The van der Waals surface area contributed by atoms with Gasteiger partial charge < -0.3 is 39.0 Å². The molecule has 0 spiro atoms. The first-order valence-corrected chi connectivity index (χ1v) is 25.3. The van der Waals surface area contributed by atoms with Gasteiger partial charge in [0.05, 0.1) is 64.9 Å². The van der Waals surface area contributed by atoms with E-state index in [-0.39, 0.29) is 17.8 Å². The topological polar surface area (TPSA) is 193 Å². The Balaban J connectivity index is 0.932. The van der Waals surface area contributed by atoms with E-state index in [0.717, 1.165) is 62.5 Å². The van der Waals surface area contributed by atoms with Crippen molar-refractivity contribution in [2.24, 2.45) is 11.8 Å². The lowest BCUT2D eigenvalue weighted by Gasteiger charge is -2.30. The lowest BCUT2D eigenvalue weighted by Crippen LogP contribution is -2.28. The van der Waals surface area contributed by atoms with Crippen LogP contribution >= 0.6 is 0 Å². The predicted molar refractivity (Wildman–Crippen MR) is 282 cm³/mol. The molecule has 1 saturated carbocycles. The number of hydrogen-bond acceptors (Lipinski definition) is 12. The minimum Gasteiger partial charge on any atom is -0.493 e. The minimum atomic E-state index is -1.30. The summed E-state index contributed by atoms with van der Waals surface area (Å²) in [7, 11) is 0. The molecule has 3 N–H and O–H groups in total. The second-order valence-corrected chi connectivity index (χ2v) is 22.1. The van der Waals surface area contributed by atoms with Gasteiger partial charge in [0.1, 0.15) is 11.5 Å². The van der Waals surface area contributed by atoms with Gasteiger partial charge in [0.2, 0.25) is 5.88 Å². The summed E-state index contributed by atoms with van der Waals surface area (Å²) in [6, 6.07) is 23.1. The number of aryl methyl sites for hydroxylation is 2. The monoisotopic (exact) mass is 996 g/mol. The zero-order chi connectivity index (χ0) is 52.1. The fourth-order valence-electron chi connectivity index (χ4n) is 11.3. The molecule has 0 bridgehead atoms. The molecule has 0 saturated heterocycles. The van der Waals surface area contributed by atoms with Gasteiger partial charge in [-0.15, -0.1) is 0 Å². The van der Waals surface area contributed by atoms with Crippen LogP contribution in [0, 0.1) is 25.7 Å². The number of hydrogen-bond donors (Lipinski definition) is 3. The van der Waals surface area contributed by atoms with E-state index >= 15 is 0 Å². The van der Waals surface area contributed by atoms with Crippen molar-refractivity contribution in [1.82, 2.24) is 19.9 Å². The van der Waals surface area contributed by atoms with Crippen LogP contribution in [0.5, 0.6) is 17.4 Å². The largest absolute Gasteiger partial charge is 0.493 e. The van der Waals surface area contributed by atoms with Crippen LogP contribution in [0.15, 0.2) is 85.2 Å². The van der Waals surface area contributed by atoms with E-state index in [2.05, 4.69) is 6.07 Å². The first-order chi connectivity index (χ1) is 35.2. The number of fused-ring (bicyclic) bond motifs is 2. The highest BCUT2D eigenvalue weighted by molar-refractivity contribution is 6.10. The van der Waals surface area contributed by atoms with E-state index in [9.17, 15) is 24.9 Å². The third-order valence-corrected chi connectivity index (χ3v) is 14.6. The third kappa shape index (κ3) is 8.81. The van der Waals surface area contributed by atoms with Crippen LogP contribution in [-0.2, 0) is 25.5 Å². The number of aliphatic hydroxyl groups excluding tert-OH is 1. The van der Waals surface area contributed by atoms with Gasteiger partial charge in [-0.2, -0.15) is 0 Å². The molecule has 6 heterocycles. The smallest absolute Gasteiger partial charge is 0.337 e. The van der Waals surface area contributed by atoms with Crippen molar-refractivity contribution in [2.45, 2.75) is 111 Å². The van der Waals surface area contributed by atoms with Gasteiger partial charge >= 0.3 is 11.9 Å². The van der Waals surface area contributed by atoms with Crippen LogP contribution in [0.2, 0.25) is 0 Å². The molecule has 4 aromatic heterocycles. The number of benzene rings is 4. The SMILES string of the molecule is Cc1cc2nc(OCC3CC3C3COc4ccc(-c5c([C@H](OC(C)(C)C)C(=O)O)c(C)cc6nc(C(C)O)ccc56)c5nccc3c45)ccc2c(-c2ccc3c4c(ccnc24)CCO3)c1[C@H](OC(C)(C)C)C(=O)O. The quantitative estimate of drug-likeness (QED) is 0.0988. The van der Waals surface area contributed by atoms with Gasteiger partial charge in [-0.1, -0.05) is 6.07 Å². The molecule has 14 nitrogen and oxygen atoms in total. The average Bonchev–Trinajstić information content (AvgIpc) is 4.13. The molecular weight excluding hydrogens is 937 g/mol. The highest BCUT2D eigenvalue weighted by Crippen LogP contribution is 2.54. The summed E-state index contributed by atoms with van der Waals surface area (Å²) in [4.78, 5) is 46.1. The number of ether oxygens (including phenoxy) is 5. The van der Waals surface area contributed by atoms with E-state index in [4.69, 9.17) is 43.6 Å². The summed E-state index contributed by atoms with van der Waals surface area (Å²) in [5.41, 5.74) is 9.18. The fourth-order valence-corrected chi connectivity index (χ4v) is 11.3. The summed E-state index contributed by atoms with van der Waals surface area (Å²) in [6.45, 7) is 18.0. The molecular formula is C60H60N4O10. The molecule has 0 radical (unpaired) electrons. The summed E-state index contributed by atoms with van der Waals surface area (Å²) in [5, 5.41) is 35.3. The average molecular weight is 997 g/mol. The van der Waals surface area contributed by atoms with Crippen LogP contribution in [0.25, 0.3) is 65.9 Å². The number of nitrogens with zero attached hydrogens (tertiary/aromatic N) is 4. The summed E-state index contributed by atoms with van der Waals surface area (Å²) >= 11 is 0. The molecule has 8 aromatic rings. The van der Waals surface area contributed by atoms with Crippen molar-refractivity contribution in [3.63, 3.8) is 0 Å². The Hall–Kier alpha value is -7.26. The van der Waals surface area contributed by atoms with Gasteiger partial charge in [-0.25, -0.2) is 14.6 Å². The highest BCUT2D eigenvalue weighted by atomic mass is 16.5. The van der Waals surface area contributed by atoms with E-state index in [0.29, 0.717) is 92.5 Å². The molecule has 1 aliphatic carbocycles. The second kappa shape index (κ2) is 18.3. The molecule has 11 rings (SSSR count). The molecule has 380 valence electrons. The van der Waals surface area contributed by atoms with Crippen molar-refractivity contribution < 1.29 is 48.6 Å². The molecule has 2 aliphatic heterocycles. The Morgan fingerprint density at radius 2 is 1.28 bits per heavy atom. The summed E-state index contributed by atoms with van der Waals surface area (Å²) in [6.07, 6.45) is 1.90. The molecule has 14 heteroatoms. The molecule has 74 heavy (non-hydrogen) atoms. The third-order valence-electron chi connectivity index (χ3n) is 14.6. The van der Waals surface area contributed by atoms with Gasteiger partial charge in [0, 0.05) is 74.6 Å². The van der Waals surface area contributed by atoms with Crippen LogP contribution < -0.4 is 14.2 Å². The standard InChI is InChI=1S/C60H60N4O10/c1-29-24-42-35(10-14-41(63-42)31(3)65)50(47(29)55(57(66)67)73-59(4,5)6)38-12-16-45-52-34(19-22-62-54(38)52)40(28-71-45)39-26-33(39)27-72-46-17-13-36-43(64-46)25-30(2)48(56(58(68)69)74-60(7,8)9)51(36)37-11-15-44-49-32(20-23-70-44)18-21-61-53(37)49/h10-19,21-22,24-25,31,33,39-40,55-56,65H,20,23,26-28H2,1-9H3,(H,66,67)(H,68,69)/t31?,33?,39?,40?,55-,56-/m0/s1. The first-order valence-electron chi connectivity index (χ1n) is 25.3.